The third-order valence-electron chi connectivity index (χ3n) is 4.62. The number of carbonyl (C=O) groups excluding carboxylic acids is 1. The van der Waals surface area contributed by atoms with Gasteiger partial charge in [-0.15, -0.1) is 0 Å². The van der Waals surface area contributed by atoms with Gasteiger partial charge >= 0.3 is 0 Å². The topological polar surface area (TPSA) is 60.1 Å². The summed E-state index contributed by atoms with van der Waals surface area (Å²) in [6.45, 7) is 1.13. The van der Waals surface area contributed by atoms with E-state index < -0.39 is 5.67 Å². The third kappa shape index (κ3) is 3.13. The molecule has 1 aliphatic heterocycles. The highest BCUT2D eigenvalue weighted by molar-refractivity contribution is 9.10. The number of amides is 1. The smallest absolute Gasteiger partial charge is 0.264 e. The van der Waals surface area contributed by atoms with Crippen LogP contribution in [0.1, 0.15) is 25.8 Å². The molecule has 2 aliphatic rings. The van der Waals surface area contributed by atoms with E-state index in [0.29, 0.717) is 21.5 Å². The molecule has 3 heterocycles. The van der Waals surface area contributed by atoms with Crippen LogP contribution >= 0.6 is 15.9 Å². The molecule has 1 aliphatic carbocycles. The van der Waals surface area contributed by atoms with Crippen LogP contribution in [0.25, 0.3) is 11.0 Å². The molecule has 1 saturated carbocycles. The number of nitrogens with zero attached hydrogens (tertiary/aromatic N) is 4. The van der Waals surface area contributed by atoms with Crippen molar-refractivity contribution >= 4 is 32.9 Å². The number of aromatic nitrogens is 3. The second-order valence-corrected chi connectivity index (χ2v) is 7.85. The summed E-state index contributed by atoms with van der Waals surface area (Å²) in [5.41, 5.74) is -1.27. The van der Waals surface area contributed by atoms with Crippen molar-refractivity contribution in [2.24, 2.45) is 0 Å². The Hall–Kier alpha value is -2.22. The lowest BCUT2D eigenvalue weighted by Crippen LogP contribution is -2.39. The summed E-state index contributed by atoms with van der Waals surface area (Å²) in [4.78, 5) is 31.1. The zero-order valence-electron chi connectivity index (χ0n) is 14.2. The van der Waals surface area contributed by atoms with E-state index in [-0.39, 0.29) is 24.6 Å². The van der Waals surface area contributed by atoms with E-state index in [1.54, 1.807) is 12.2 Å². The number of hydrogen-bond acceptors (Lipinski definition) is 3. The number of carbonyl (C=O) groups is 1. The summed E-state index contributed by atoms with van der Waals surface area (Å²) < 4.78 is 18.2. The molecular formula is C18H18BrFN4O2. The van der Waals surface area contributed by atoms with Crippen molar-refractivity contribution in [3.63, 3.8) is 0 Å². The van der Waals surface area contributed by atoms with Crippen LogP contribution in [0.2, 0.25) is 0 Å². The maximum absolute atomic E-state index is 14.3. The average Bonchev–Trinajstić information content (AvgIpc) is 3.38. The molecule has 0 saturated heterocycles. The molecule has 0 radical (unpaired) electrons. The molecule has 2 aromatic rings. The Morgan fingerprint density at radius 1 is 1.42 bits per heavy atom. The number of rotatable bonds is 3. The SMILES string of the molecule is CC1(F)C=CC=CN(C(=O)Cn2cnc3c(c(Br)cn3C3CC3)c2=O)C1. The largest absolute Gasteiger partial charge is 0.328 e. The molecule has 1 unspecified atom stereocenters. The van der Waals surface area contributed by atoms with Crippen LogP contribution in [0, 0.1) is 0 Å². The molecule has 6 nitrogen and oxygen atoms in total. The molecule has 0 aromatic carbocycles. The van der Waals surface area contributed by atoms with Crippen LogP contribution in [0.3, 0.4) is 0 Å². The Morgan fingerprint density at radius 3 is 2.92 bits per heavy atom. The van der Waals surface area contributed by atoms with Crippen LogP contribution in [0.5, 0.6) is 0 Å². The van der Waals surface area contributed by atoms with E-state index >= 15 is 0 Å². The fourth-order valence-electron chi connectivity index (χ4n) is 3.13. The molecule has 0 N–H and O–H groups in total. The highest BCUT2D eigenvalue weighted by atomic mass is 79.9. The van der Waals surface area contributed by atoms with E-state index in [9.17, 15) is 14.0 Å². The van der Waals surface area contributed by atoms with Crippen molar-refractivity contribution in [3.05, 3.63) is 51.8 Å². The van der Waals surface area contributed by atoms with Gasteiger partial charge in [0.1, 0.15) is 24.2 Å². The van der Waals surface area contributed by atoms with Gasteiger partial charge in [-0.3, -0.25) is 14.2 Å². The van der Waals surface area contributed by atoms with Crippen molar-refractivity contribution in [2.45, 2.75) is 38.0 Å². The minimum atomic E-state index is -1.61. The summed E-state index contributed by atoms with van der Waals surface area (Å²) in [6.07, 6.45) is 11.6. The summed E-state index contributed by atoms with van der Waals surface area (Å²) in [6, 6.07) is 0.394. The number of hydrogen-bond donors (Lipinski definition) is 0. The molecule has 1 amide bonds. The van der Waals surface area contributed by atoms with Gasteiger partial charge in [0.15, 0.2) is 0 Å². The summed E-state index contributed by atoms with van der Waals surface area (Å²) in [5.74, 6) is -0.366. The van der Waals surface area contributed by atoms with Crippen LogP contribution in [-0.4, -0.2) is 37.1 Å². The Morgan fingerprint density at radius 2 is 2.19 bits per heavy atom. The highest BCUT2D eigenvalue weighted by Crippen LogP contribution is 2.38. The predicted molar refractivity (Wildman–Crippen MR) is 99.5 cm³/mol. The van der Waals surface area contributed by atoms with Gasteiger partial charge in [0.2, 0.25) is 5.91 Å². The molecule has 4 rings (SSSR count). The lowest BCUT2D eigenvalue weighted by molar-refractivity contribution is -0.130. The van der Waals surface area contributed by atoms with E-state index in [2.05, 4.69) is 20.9 Å². The van der Waals surface area contributed by atoms with Gasteiger partial charge < -0.3 is 9.47 Å². The second-order valence-electron chi connectivity index (χ2n) is 6.99. The first-order chi connectivity index (χ1) is 12.4. The molecule has 0 bridgehead atoms. The minimum Gasteiger partial charge on any atom is -0.328 e. The average molecular weight is 421 g/mol. The van der Waals surface area contributed by atoms with Crippen LogP contribution < -0.4 is 5.56 Å². The first-order valence-corrected chi connectivity index (χ1v) is 9.25. The van der Waals surface area contributed by atoms with E-state index in [1.807, 2.05) is 10.8 Å². The highest BCUT2D eigenvalue weighted by Gasteiger charge is 2.29. The molecule has 8 heteroatoms. The predicted octanol–water partition coefficient (Wildman–Crippen LogP) is 2.94. The second kappa shape index (κ2) is 6.19. The molecule has 26 heavy (non-hydrogen) atoms. The van der Waals surface area contributed by atoms with Crippen molar-refractivity contribution < 1.29 is 9.18 Å². The lowest BCUT2D eigenvalue weighted by Gasteiger charge is -2.24. The number of allylic oxidation sites excluding steroid dienone is 2. The molecule has 1 fully saturated rings. The van der Waals surface area contributed by atoms with Crippen molar-refractivity contribution in [3.8, 4) is 0 Å². The van der Waals surface area contributed by atoms with E-state index in [0.717, 1.165) is 12.8 Å². The van der Waals surface area contributed by atoms with Crippen molar-refractivity contribution in [1.82, 2.24) is 19.0 Å². The van der Waals surface area contributed by atoms with Gasteiger partial charge in [0, 0.05) is 18.4 Å². The van der Waals surface area contributed by atoms with Crippen LogP contribution in [-0.2, 0) is 11.3 Å². The summed E-state index contributed by atoms with van der Waals surface area (Å²) in [5, 5.41) is 0.468. The Bertz CT molecular complexity index is 1000. The van der Waals surface area contributed by atoms with Gasteiger partial charge in [0.05, 0.1) is 16.4 Å². The lowest BCUT2D eigenvalue weighted by atomic mass is 10.1. The fourth-order valence-corrected chi connectivity index (χ4v) is 3.70. The van der Waals surface area contributed by atoms with Gasteiger partial charge in [-0.25, -0.2) is 9.37 Å². The first-order valence-electron chi connectivity index (χ1n) is 8.46. The fraction of sp³-hybridized carbons (Fsp3) is 0.389. The zero-order valence-corrected chi connectivity index (χ0v) is 15.8. The van der Waals surface area contributed by atoms with E-state index in [1.165, 1.54) is 35.0 Å². The molecule has 1 atom stereocenters. The summed E-state index contributed by atoms with van der Waals surface area (Å²) >= 11 is 3.43. The van der Waals surface area contributed by atoms with Crippen LogP contribution in [0.15, 0.2) is 46.2 Å². The van der Waals surface area contributed by atoms with Crippen LogP contribution in [0.4, 0.5) is 4.39 Å². The number of fused-ring (bicyclic) bond motifs is 1. The summed E-state index contributed by atoms with van der Waals surface area (Å²) in [7, 11) is 0. The number of halogens is 2. The quantitative estimate of drug-likeness (QED) is 0.766. The Labute approximate surface area is 157 Å². The monoisotopic (exact) mass is 420 g/mol. The van der Waals surface area contributed by atoms with E-state index in [4.69, 9.17) is 0 Å². The number of alkyl halides is 1. The standard InChI is InChI=1S/C18H18BrFN4O2/c1-18(20)6-2-3-7-22(10-18)14(25)9-23-11-21-16-15(17(23)26)13(19)8-24(16)12-4-5-12/h2-3,6-8,11-12H,4-5,9-10H2,1H3. The van der Waals surface area contributed by atoms with Gasteiger partial charge in [-0.1, -0.05) is 6.08 Å². The first kappa shape index (κ1) is 17.2. The van der Waals surface area contributed by atoms with Gasteiger partial charge in [-0.2, -0.15) is 0 Å². The van der Waals surface area contributed by atoms with Gasteiger partial charge in [-0.05, 0) is 47.8 Å². The normalized spacial score (nSPS) is 22.8. The molecule has 0 spiro atoms. The third-order valence-corrected chi connectivity index (χ3v) is 5.22. The maximum Gasteiger partial charge on any atom is 0.264 e. The molecular weight excluding hydrogens is 403 g/mol. The van der Waals surface area contributed by atoms with Crippen molar-refractivity contribution in [2.75, 3.05) is 6.54 Å². The van der Waals surface area contributed by atoms with Crippen molar-refractivity contribution in [1.29, 1.82) is 0 Å². The maximum atomic E-state index is 14.3. The van der Waals surface area contributed by atoms with Gasteiger partial charge in [0.25, 0.3) is 5.56 Å². The Balaban J connectivity index is 1.63. The Kier molecular flexibility index (Phi) is 4.10. The zero-order chi connectivity index (χ0) is 18.5. The minimum absolute atomic E-state index is 0.0923. The molecule has 136 valence electrons. The molecule has 2 aromatic heterocycles.